The van der Waals surface area contributed by atoms with Crippen LogP contribution in [0.25, 0.3) is 0 Å². The van der Waals surface area contributed by atoms with Crippen molar-refractivity contribution in [2.45, 2.75) is 18.8 Å². The number of aliphatic hydroxyl groups is 1. The summed E-state index contributed by atoms with van der Waals surface area (Å²) < 4.78 is 0. The average Bonchev–Trinajstić information content (AvgIpc) is 2.70. The summed E-state index contributed by atoms with van der Waals surface area (Å²) in [6.45, 7) is 2.31. The molecule has 0 spiro atoms. The number of hydrogen-bond acceptors (Lipinski definition) is 3. The van der Waals surface area contributed by atoms with Gasteiger partial charge < -0.3 is 10.4 Å². The van der Waals surface area contributed by atoms with Crippen LogP contribution in [-0.2, 0) is 6.42 Å². The minimum Gasteiger partial charge on any atom is -0.396 e. The van der Waals surface area contributed by atoms with Crippen molar-refractivity contribution in [2.24, 2.45) is 0 Å². The van der Waals surface area contributed by atoms with Crippen molar-refractivity contribution >= 4 is 12.4 Å². The maximum absolute atomic E-state index is 8.73. The fourth-order valence-corrected chi connectivity index (χ4v) is 1.74. The Morgan fingerprint density at radius 3 is 3.07 bits per heavy atom. The van der Waals surface area contributed by atoms with Crippen LogP contribution < -0.4 is 5.32 Å². The molecule has 1 aliphatic heterocycles. The fourth-order valence-electron chi connectivity index (χ4n) is 1.74. The molecule has 3 N–H and O–H groups in total. The Morgan fingerprint density at radius 1 is 1.57 bits per heavy atom. The van der Waals surface area contributed by atoms with Crippen LogP contribution in [0.5, 0.6) is 0 Å². The first-order valence-corrected chi connectivity index (χ1v) is 4.76. The second-order valence-electron chi connectivity index (χ2n) is 3.48. The maximum atomic E-state index is 8.73. The van der Waals surface area contributed by atoms with Gasteiger partial charge in [-0.15, -0.1) is 12.4 Å². The summed E-state index contributed by atoms with van der Waals surface area (Å²) in [5, 5.41) is 19.2. The summed E-state index contributed by atoms with van der Waals surface area (Å²) in [7, 11) is 0. The van der Waals surface area contributed by atoms with Crippen LogP contribution in [0, 0.1) is 0 Å². The van der Waals surface area contributed by atoms with E-state index in [1.54, 1.807) is 0 Å². The Balaban J connectivity index is 0.000000980. The van der Waals surface area contributed by atoms with E-state index in [4.69, 9.17) is 5.11 Å². The molecule has 1 saturated heterocycles. The largest absolute Gasteiger partial charge is 0.396 e. The summed E-state index contributed by atoms with van der Waals surface area (Å²) >= 11 is 0. The molecule has 0 amide bonds. The highest BCUT2D eigenvalue weighted by molar-refractivity contribution is 5.85. The van der Waals surface area contributed by atoms with Crippen molar-refractivity contribution in [3.63, 3.8) is 0 Å². The first kappa shape index (κ1) is 11.5. The summed E-state index contributed by atoms with van der Waals surface area (Å²) in [6, 6.07) is 2.06. The van der Waals surface area contributed by atoms with Gasteiger partial charge in [0.2, 0.25) is 0 Å². The Kier molecular flexibility index (Phi) is 4.38. The van der Waals surface area contributed by atoms with Crippen molar-refractivity contribution in [3.8, 4) is 0 Å². The van der Waals surface area contributed by atoms with Gasteiger partial charge in [0, 0.05) is 31.2 Å². The van der Waals surface area contributed by atoms with Crippen LogP contribution in [0.3, 0.4) is 0 Å². The first-order chi connectivity index (χ1) is 6.40. The van der Waals surface area contributed by atoms with Crippen molar-refractivity contribution in [1.29, 1.82) is 0 Å². The van der Waals surface area contributed by atoms with Crippen LogP contribution in [0.15, 0.2) is 6.07 Å². The lowest BCUT2D eigenvalue weighted by molar-refractivity contribution is 0.298. The summed E-state index contributed by atoms with van der Waals surface area (Å²) in [5.74, 6) is 0.559. The van der Waals surface area contributed by atoms with Crippen molar-refractivity contribution in [3.05, 3.63) is 17.5 Å². The lowest BCUT2D eigenvalue weighted by atomic mass is 10.0. The zero-order valence-electron chi connectivity index (χ0n) is 7.99. The van der Waals surface area contributed by atoms with Gasteiger partial charge in [0.25, 0.3) is 0 Å². The van der Waals surface area contributed by atoms with E-state index < -0.39 is 0 Å². The van der Waals surface area contributed by atoms with Crippen LogP contribution >= 0.6 is 12.4 Å². The molecular formula is C9H16ClN3O. The Bertz CT molecular complexity index is 271. The molecule has 1 unspecified atom stereocenters. The molecule has 0 radical (unpaired) electrons. The molecule has 1 aromatic rings. The van der Waals surface area contributed by atoms with Crippen LogP contribution in [0.4, 0.5) is 0 Å². The Morgan fingerprint density at radius 2 is 2.43 bits per heavy atom. The molecule has 4 nitrogen and oxygen atoms in total. The van der Waals surface area contributed by atoms with Crippen LogP contribution in [0.1, 0.15) is 23.7 Å². The molecular weight excluding hydrogens is 202 g/mol. The van der Waals surface area contributed by atoms with Gasteiger partial charge in [0.1, 0.15) is 0 Å². The van der Waals surface area contributed by atoms with Gasteiger partial charge in [-0.3, -0.25) is 5.10 Å². The van der Waals surface area contributed by atoms with E-state index in [-0.39, 0.29) is 19.0 Å². The van der Waals surface area contributed by atoms with E-state index in [9.17, 15) is 0 Å². The number of nitrogens with zero attached hydrogens (tertiary/aromatic N) is 1. The quantitative estimate of drug-likeness (QED) is 0.689. The minimum absolute atomic E-state index is 0. The van der Waals surface area contributed by atoms with E-state index in [2.05, 4.69) is 21.6 Å². The number of nitrogens with one attached hydrogen (secondary N) is 2. The van der Waals surface area contributed by atoms with E-state index >= 15 is 0 Å². The highest BCUT2D eigenvalue weighted by Gasteiger charge is 2.18. The van der Waals surface area contributed by atoms with Crippen molar-refractivity contribution in [1.82, 2.24) is 15.5 Å². The smallest absolute Gasteiger partial charge is 0.0669 e. The zero-order chi connectivity index (χ0) is 9.10. The number of aliphatic hydroxyl groups excluding tert-OH is 1. The predicted octanol–water partition coefficient (Wildman–Crippen LogP) is 0.443. The number of rotatable bonds is 3. The molecule has 1 fully saturated rings. The van der Waals surface area contributed by atoms with Crippen LogP contribution in [0.2, 0.25) is 0 Å². The van der Waals surface area contributed by atoms with Gasteiger partial charge >= 0.3 is 0 Å². The third kappa shape index (κ3) is 2.47. The molecule has 5 heteroatoms. The van der Waals surface area contributed by atoms with E-state index in [1.807, 2.05) is 0 Å². The second kappa shape index (κ2) is 5.34. The average molecular weight is 218 g/mol. The molecule has 1 aromatic heterocycles. The maximum Gasteiger partial charge on any atom is 0.0669 e. The van der Waals surface area contributed by atoms with Crippen molar-refractivity contribution in [2.75, 3.05) is 19.7 Å². The zero-order valence-corrected chi connectivity index (χ0v) is 8.81. The molecule has 80 valence electrons. The molecule has 0 aromatic carbocycles. The molecule has 0 bridgehead atoms. The number of halogens is 1. The van der Waals surface area contributed by atoms with Gasteiger partial charge in [-0.25, -0.2) is 0 Å². The minimum atomic E-state index is 0. The number of H-pyrrole nitrogens is 1. The highest BCUT2D eigenvalue weighted by Crippen LogP contribution is 2.20. The third-order valence-electron chi connectivity index (χ3n) is 2.51. The van der Waals surface area contributed by atoms with Crippen LogP contribution in [-0.4, -0.2) is 35.0 Å². The molecule has 0 aliphatic carbocycles. The van der Waals surface area contributed by atoms with Gasteiger partial charge in [-0.05, 0) is 19.0 Å². The summed E-state index contributed by atoms with van der Waals surface area (Å²) in [4.78, 5) is 0. The lowest BCUT2D eigenvalue weighted by Crippen LogP contribution is -2.08. The van der Waals surface area contributed by atoms with Gasteiger partial charge in [-0.2, -0.15) is 5.10 Å². The van der Waals surface area contributed by atoms with E-state index in [1.165, 1.54) is 6.42 Å². The molecule has 1 atom stereocenters. The fraction of sp³-hybridized carbons (Fsp3) is 0.667. The molecule has 2 heterocycles. The predicted molar refractivity (Wildman–Crippen MR) is 56.9 cm³/mol. The summed E-state index contributed by atoms with van der Waals surface area (Å²) in [6.07, 6.45) is 1.84. The topological polar surface area (TPSA) is 60.9 Å². The molecule has 14 heavy (non-hydrogen) atoms. The Labute approximate surface area is 89.5 Å². The van der Waals surface area contributed by atoms with Gasteiger partial charge in [0.05, 0.1) is 5.69 Å². The number of aromatic amines is 1. The monoisotopic (exact) mass is 217 g/mol. The van der Waals surface area contributed by atoms with E-state index in [0.717, 1.165) is 24.5 Å². The third-order valence-corrected chi connectivity index (χ3v) is 2.51. The highest BCUT2D eigenvalue weighted by atomic mass is 35.5. The second-order valence-corrected chi connectivity index (χ2v) is 3.48. The SMILES string of the molecule is Cl.OCCc1cc(C2CCNC2)n[nH]1. The standard InChI is InChI=1S/C9H15N3O.ClH/c13-4-2-8-5-9(12-11-8)7-1-3-10-6-7;/h5,7,10,13H,1-4,6H2,(H,11,12);1H. The molecule has 0 saturated carbocycles. The Hall–Kier alpha value is -0.580. The number of aromatic nitrogens is 2. The van der Waals surface area contributed by atoms with Crippen molar-refractivity contribution < 1.29 is 5.11 Å². The number of hydrogen-bond donors (Lipinski definition) is 3. The lowest BCUT2D eigenvalue weighted by Gasteiger charge is -2.01. The van der Waals surface area contributed by atoms with Gasteiger partial charge in [0.15, 0.2) is 0 Å². The summed E-state index contributed by atoms with van der Waals surface area (Å²) in [5.41, 5.74) is 2.16. The first-order valence-electron chi connectivity index (χ1n) is 4.76. The normalized spacial score (nSPS) is 20.8. The van der Waals surface area contributed by atoms with Gasteiger partial charge in [-0.1, -0.05) is 0 Å². The van der Waals surface area contributed by atoms with E-state index in [0.29, 0.717) is 12.3 Å². The molecule has 1 aliphatic rings. The molecule has 2 rings (SSSR count).